The van der Waals surface area contributed by atoms with Gasteiger partial charge in [0.15, 0.2) is 0 Å². The maximum atomic E-state index is 12.4. The lowest BCUT2D eigenvalue weighted by Gasteiger charge is -2.33. The van der Waals surface area contributed by atoms with E-state index in [-0.39, 0.29) is 35.7 Å². The fraction of sp³-hybridized carbons (Fsp3) is 0.529. The number of phenolic OH excluding ortho intramolecular Hbond substituents is 1. The van der Waals surface area contributed by atoms with E-state index in [1.54, 1.807) is 6.07 Å². The summed E-state index contributed by atoms with van der Waals surface area (Å²) >= 11 is 5.89. The molecule has 0 bridgehead atoms. The number of hydrogen-bond donors (Lipinski definition) is 2. The van der Waals surface area contributed by atoms with Crippen LogP contribution in [-0.4, -0.2) is 47.1 Å². The third-order valence-electron chi connectivity index (χ3n) is 4.70. The van der Waals surface area contributed by atoms with Crippen LogP contribution in [0.1, 0.15) is 26.2 Å². The van der Waals surface area contributed by atoms with E-state index in [9.17, 15) is 14.7 Å². The number of amides is 1. The normalized spacial score (nSPS) is 25.5. The Balaban J connectivity index is 1.55. The van der Waals surface area contributed by atoms with Gasteiger partial charge in [-0.1, -0.05) is 11.6 Å². The van der Waals surface area contributed by atoms with Gasteiger partial charge in [-0.3, -0.25) is 14.5 Å². The van der Waals surface area contributed by atoms with Crippen LogP contribution < -0.4 is 5.32 Å². The number of piperidine rings is 1. The molecule has 130 valence electrons. The molecule has 0 aliphatic carbocycles. The molecule has 1 amide bonds. The third kappa shape index (κ3) is 3.65. The Morgan fingerprint density at radius 2 is 2.08 bits per heavy atom. The van der Waals surface area contributed by atoms with Gasteiger partial charge in [-0.15, -0.1) is 0 Å². The molecule has 7 heteroatoms. The standard InChI is InChI=1S/C17H21ClN2O4/c1-10-8-14(17(23)24-10)20-6-4-11(5-7-20)16(22)19-13-9-12(18)2-3-15(13)21/h2-3,9-11,14,21H,4-8H2,1H3,(H,19,22)/t10-,14-/m0/s1. The van der Waals surface area contributed by atoms with E-state index in [2.05, 4.69) is 10.2 Å². The van der Waals surface area contributed by atoms with Crippen molar-refractivity contribution in [1.82, 2.24) is 4.90 Å². The summed E-state index contributed by atoms with van der Waals surface area (Å²) in [7, 11) is 0. The molecule has 2 aliphatic heterocycles. The van der Waals surface area contributed by atoms with Gasteiger partial charge in [0.25, 0.3) is 0 Å². The van der Waals surface area contributed by atoms with Gasteiger partial charge in [0.2, 0.25) is 5.91 Å². The highest BCUT2D eigenvalue weighted by molar-refractivity contribution is 6.31. The summed E-state index contributed by atoms with van der Waals surface area (Å²) in [5.74, 6) is -0.439. The molecule has 2 N–H and O–H groups in total. The fourth-order valence-electron chi connectivity index (χ4n) is 3.35. The van der Waals surface area contributed by atoms with Crippen LogP contribution in [0.3, 0.4) is 0 Å². The Morgan fingerprint density at radius 3 is 2.71 bits per heavy atom. The van der Waals surface area contributed by atoms with E-state index in [1.165, 1.54) is 12.1 Å². The summed E-state index contributed by atoms with van der Waals surface area (Å²) in [4.78, 5) is 26.3. The first kappa shape index (κ1) is 17.0. The minimum absolute atomic E-state index is 0.00660. The minimum atomic E-state index is -0.180. The smallest absolute Gasteiger partial charge is 0.323 e. The van der Waals surface area contributed by atoms with E-state index < -0.39 is 0 Å². The SMILES string of the molecule is C[C@H]1C[C@H](N2CCC(C(=O)Nc3cc(Cl)ccc3O)CC2)C(=O)O1. The van der Waals surface area contributed by atoms with Gasteiger partial charge in [-0.2, -0.15) is 0 Å². The largest absolute Gasteiger partial charge is 0.506 e. The molecule has 2 heterocycles. The van der Waals surface area contributed by atoms with E-state index in [1.807, 2.05) is 6.92 Å². The molecule has 2 fully saturated rings. The first-order valence-corrected chi connectivity index (χ1v) is 8.56. The summed E-state index contributed by atoms with van der Waals surface area (Å²) in [6.07, 6.45) is 2.03. The summed E-state index contributed by atoms with van der Waals surface area (Å²) < 4.78 is 5.20. The molecule has 6 nitrogen and oxygen atoms in total. The topological polar surface area (TPSA) is 78.9 Å². The van der Waals surface area contributed by atoms with Crippen molar-refractivity contribution in [2.75, 3.05) is 18.4 Å². The van der Waals surface area contributed by atoms with Crippen molar-refractivity contribution >= 4 is 29.2 Å². The van der Waals surface area contributed by atoms with Crippen molar-refractivity contribution in [3.8, 4) is 5.75 Å². The third-order valence-corrected chi connectivity index (χ3v) is 4.94. The van der Waals surface area contributed by atoms with Crippen molar-refractivity contribution in [2.45, 2.75) is 38.3 Å². The Bertz CT molecular complexity index is 643. The number of esters is 1. The highest BCUT2D eigenvalue weighted by Gasteiger charge is 2.38. The number of ether oxygens (including phenoxy) is 1. The molecule has 2 atom stereocenters. The van der Waals surface area contributed by atoms with Crippen molar-refractivity contribution in [1.29, 1.82) is 0 Å². The van der Waals surface area contributed by atoms with Gasteiger partial charge in [0, 0.05) is 17.4 Å². The first-order valence-electron chi connectivity index (χ1n) is 8.18. The number of hydrogen-bond acceptors (Lipinski definition) is 5. The Kier molecular flexibility index (Phi) is 4.96. The second-order valence-electron chi connectivity index (χ2n) is 6.46. The molecule has 0 saturated carbocycles. The lowest BCUT2D eigenvalue weighted by atomic mass is 9.94. The number of likely N-dealkylation sites (tertiary alicyclic amines) is 1. The van der Waals surface area contributed by atoms with E-state index in [4.69, 9.17) is 16.3 Å². The maximum Gasteiger partial charge on any atom is 0.323 e. The molecule has 3 rings (SSSR count). The van der Waals surface area contributed by atoms with E-state index in [0.29, 0.717) is 43.1 Å². The number of anilines is 1. The van der Waals surface area contributed by atoms with Crippen molar-refractivity contribution in [2.24, 2.45) is 5.92 Å². The predicted molar refractivity (Wildman–Crippen MR) is 90.0 cm³/mol. The number of phenols is 1. The molecule has 0 aromatic heterocycles. The summed E-state index contributed by atoms with van der Waals surface area (Å²) in [5, 5.41) is 13.0. The van der Waals surface area contributed by atoms with Gasteiger partial charge >= 0.3 is 5.97 Å². The molecule has 0 unspecified atom stereocenters. The van der Waals surface area contributed by atoms with E-state index in [0.717, 1.165) is 0 Å². The minimum Gasteiger partial charge on any atom is -0.506 e. The highest BCUT2D eigenvalue weighted by atomic mass is 35.5. The van der Waals surface area contributed by atoms with Crippen LogP contribution in [0.4, 0.5) is 5.69 Å². The second kappa shape index (κ2) is 6.99. The van der Waals surface area contributed by atoms with Crippen LogP contribution in [0.2, 0.25) is 5.02 Å². The quantitative estimate of drug-likeness (QED) is 0.645. The molecule has 24 heavy (non-hydrogen) atoms. The highest BCUT2D eigenvalue weighted by Crippen LogP contribution is 2.29. The lowest BCUT2D eigenvalue weighted by molar-refractivity contribution is -0.145. The Morgan fingerprint density at radius 1 is 1.38 bits per heavy atom. The number of carbonyl (C=O) groups excluding carboxylic acids is 2. The van der Waals surface area contributed by atoms with Gasteiger partial charge in [-0.05, 0) is 51.1 Å². The van der Waals surface area contributed by atoms with Crippen LogP contribution in [0.15, 0.2) is 18.2 Å². The molecular weight excluding hydrogens is 332 g/mol. The molecule has 2 saturated heterocycles. The number of nitrogens with one attached hydrogen (secondary N) is 1. The van der Waals surface area contributed by atoms with Crippen LogP contribution in [0, 0.1) is 5.92 Å². The van der Waals surface area contributed by atoms with Crippen LogP contribution in [0.5, 0.6) is 5.75 Å². The van der Waals surface area contributed by atoms with Crippen LogP contribution in [0.25, 0.3) is 0 Å². The molecule has 1 aromatic rings. The monoisotopic (exact) mass is 352 g/mol. The zero-order valence-corrected chi connectivity index (χ0v) is 14.3. The number of benzene rings is 1. The molecule has 1 aromatic carbocycles. The number of rotatable bonds is 3. The van der Waals surface area contributed by atoms with Crippen molar-refractivity contribution in [3.63, 3.8) is 0 Å². The van der Waals surface area contributed by atoms with Crippen molar-refractivity contribution < 1.29 is 19.4 Å². The number of nitrogens with zero attached hydrogens (tertiary/aromatic N) is 1. The maximum absolute atomic E-state index is 12.4. The number of halogens is 1. The van der Waals surface area contributed by atoms with Crippen LogP contribution >= 0.6 is 11.6 Å². The summed E-state index contributed by atoms with van der Waals surface area (Å²) in [6.45, 7) is 3.27. The zero-order valence-electron chi connectivity index (χ0n) is 13.5. The van der Waals surface area contributed by atoms with E-state index >= 15 is 0 Å². The fourth-order valence-corrected chi connectivity index (χ4v) is 3.52. The van der Waals surface area contributed by atoms with Gasteiger partial charge in [0.1, 0.15) is 17.9 Å². The number of aromatic hydroxyl groups is 1. The van der Waals surface area contributed by atoms with Gasteiger partial charge in [-0.25, -0.2) is 0 Å². The molecular formula is C17H21ClN2O4. The summed E-state index contributed by atoms with van der Waals surface area (Å²) in [5.41, 5.74) is 0.322. The van der Waals surface area contributed by atoms with Gasteiger partial charge < -0.3 is 15.2 Å². The average molecular weight is 353 g/mol. The van der Waals surface area contributed by atoms with Crippen molar-refractivity contribution in [3.05, 3.63) is 23.2 Å². The van der Waals surface area contributed by atoms with Gasteiger partial charge in [0.05, 0.1) is 5.69 Å². The molecule has 0 radical (unpaired) electrons. The average Bonchev–Trinajstić information content (AvgIpc) is 2.89. The predicted octanol–water partition coefficient (Wildman–Crippen LogP) is 2.40. The van der Waals surface area contributed by atoms with Crippen LogP contribution in [-0.2, 0) is 14.3 Å². The summed E-state index contributed by atoms with van der Waals surface area (Å²) in [6, 6.07) is 4.36. The Labute approximate surface area is 145 Å². The molecule has 2 aliphatic rings. The molecule has 0 spiro atoms. The zero-order chi connectivity index (χ0) is 17.3. The lowest BCUT2D eigenvalue weighted by Crippen LogP contribution is -2.45. The number of cyclic esters (lactones) is 1. The first-order chi connectivity index (χ1) is 11.4. The number of carbonyl (C=O) groups is 2. The second-order valence-corrected chi connectivity index (χ2v) is 6.90. The Hall–Kier alpha value is -1.79.